The van der Waals surface area contributed by atoms with E-state index in [4.69, 9.17) is 0 Å². The van der Waals surface area contributed by atoms with Crippen LogP contribution in [0.5, 0.6) is 0 Å². The van der Waals surface area contributed by atoms with Gasteiger partial charge in [0.1, 0.15) is 5.82 Å². The maximum Gasteiger partial charge on any atom is 0.364 e. The lowest BCUT2D eigenvalue weighted by Crippen LogP contribution is -2.46. The Balaban J connectivity index is 1.85. The minimum absolute atomic E-state index is 0.316. The summed E-state index contributed by atoms with van der Waals surface area (Å²) < 4.78 is 1.27. The molecule has 0 amide bonds. The van der Waals surface area contributed by atoms with Gasteiger partial charge >= 0.3 is 5.69 Å². The normalized spacial score (nSPS) is 24.3. The summed E-state index contributed by atoms with van der Waals surface area (Å²) in [6.07, 6.45) is 2.25. The Morgan fingerprint density at radius 2 is 2.39 bits per heavy atom. The largest absolute Gasteiger partial charge is 0.364 e. The maximum absolute atomic E-state index is 11.4. The summed E-state index contributed by atoms with van der Waals surface area (Å²) in [6, 6.07) is 4.36. The topological polar surface area (TPSA) is 87.1 Å². The first-order valence-electron chi connectivity index (χ1n) is 6.18. The lowest BCUT2D eigenvalue weighted by molar-refractivity contribution is 0.388. The van der Waals surface area contributed by atoms with Gasteiger partial charge in [0.05, 0.1) is 0 Å². The average Bonchev–Trinajstić information content (AvgIpc) is 2.74. The Labute approximate surface area is 104 Å². The summed E-state index contributed by atoms with van der Waals surface area (Å²) in [7, 11) is 0. The fourth-order valence-corrected chi connectivity index (χ4v) is 2.31. The summed E-state index contributed by atoms with van der Waals surface area (Å²) in [5.74, 6) is 0.701. The molecule has 0 aromatic carbocycles. The first-order chi connectivity index (χ1) is 8.74. The first kappa shape index (κ1) is 11.2. The van der Waals surface area contributed by atoms with E-state index in [0.717, 1.165) is 19.4 Å². The SMILES string of the molecule is CC1NCCCC1Nc1ccc2n[nH]c(=O)n2n1. The van der Waals surface area contributed by atoms with Crippen LogP contribution >= 0.6 is 0 Å². The number of rotatable bonds is 2. The number of hydrogen-bond donors (Lipinski definition) is 3. The zero-order valence-corrected chi connectivity index (χ0v) is 10.2. The van der Waals surface area contributed by atoms with Gasteiger partial charge in [-0.1, -0.05) is 0 Å². The van der Waals surface area contributed by atoms with Gasteiger partial charge in [-0.15, -0.1) is 5.10 Å². The third-order valence-corrected chi connectivity index (χ3v) is 3.37. The van der Waals surface area contributed by atoms with Gasteiger partial charge in [0, 0.05) is 12.1 Å². The van der Waals surface area contributed by atoms with Crippen LogP contribution in [-0.4, -0.2) is 38.4 Å². The van der Waals surface area contributed by atoms with Crippen molar-refractivity contribution >= 4 is 11.5 Å². The van der Waals surface area contributed by atoms with Crippen molar-refractivity contribution in [3.8, 4) is 0 Å². The van der Waals surface area contributed by atoms with Gasteiger partial charge in [0.25, 0.3) is 0 Å². The van der Waals surface area contributed by atoms with E-state index in [9.17, 15) is 4.79 Å². The highest BCUT2D eigenvalue weighted by Gasteiger charge is 2.20. The molecule has 0 bridgehead atoms. The second kappa shape index (κ2) is 4.41. The number of hydrogen-bond acceptors (Lipinski definition) is 5. The van der Waals surface area contributed by atoms with Gasteiger partial charge in [-0.05, 0) is 38.4 Å². The van der Waals surface area contributed by atoms with E-state index in [-0.39, 0.29) is 5.69 Å². The van der Waals surface area contributed by atoms with Crippen molar-refractivity contribution in [3.05, 3.63) is 22.6 Å². The van der Waals surface area contributed by atoms with Crippen LogP contribution in [0.2, 0.25) is 0 Å². The quantitative estimate of drug-likeness (QED) is 0.694. The molecule has 3 heterocycles. The Bertz CT molecular complexity index is 603. The predicted octanol–water partition coefficient (Wildman–Crippen LogP) is -0.0300. The van der Waals surface area contributed by atoms with Crippen molar-refractivity contribution in [2.75, 3.05) is 11.9 Å². The number of aromatic nitrogens is 4. The highest BCUT2D eigenvalue weighted by Crippen LogP contribution is 2.14. The molecule has 18 heavy (non-hydrogen) atoms. The monoisotopic (exact) mass is 248 g/mol. The molecule has 7 heteroatoms. The summed E-state index contributed by atoms with van der Waals surface area (Å²) in [4.78, 5) is 11.4. The molecule has 3 N–H and O–H groups in total. The molecule has 96 valence electrons. The number of nitrogens with one attached hydrogen (secondary N) is 3. The van der Waals surface area contributed by atoms with Crippen LogP contribution < -0.4 is 16.3 Å². The number of nitrogens with zero attached hydrogens (tertiary/aromatic N) is 3. The van der Waals surface area contributed by atoms with E-state index in [0.29, 0.717) is 23.5 Å². The van der Waals surface area contributed by atoms with Gasteiger partial charge in [-0.2, -0.15) is 9.61 Å². The van der Waals surface area contributed by atoms with E-state index in [2.05, 4.69) is 32.9 Å². The molecule has 1 aliphatic rings. The van der Waals surface area contributed by atoms with E-state index in [1.54, 1.807) is 6.07 Å². The van der Waals surface area contributed by atoms with Crippen LogP contribution in [0, 0.1) is 0 Å². The fraction of sp³-hybridized carbons (Fsp3) is 0.545. The third kappa shape index (κ3) is 1.97. The Kier molecular flexibility index (Phi) is 2.75. The van der Waals surface area contributed by atoms with Crippen molar-refractivity contribution in [1.82, 2.24) is 25.1 Å². The van der Waals surface area contributed by atoms with Crippen LogP contribution in [0.15, 0.2) is 16.9 Å². The molecule has 1 fully saturated rings. The van der Waals surface area contributed by atoms with E-state index in [1.807, 2.05) is 6.07 Å². The summed E-state index contributed by atoms with van der Waals surface area (Å²) >= 11 is 0. The van der Waals surface area contributed by atoms with Crippen LogP contribution in [-0.2, 0) is 0 Å². The lowest BCUT2D eigenvalue weighted by Gasteiger charge is -2.30. The van der Waals surface area contributed by atoms with Crippen LogP contribution in [0.4, 0.5) is 5.82 Å². The zero-order chi connectivity index (χ0) is 12.5. The standard InChI is InChI=1S/C11H16N6O/c1-7-8(3-2-6-12-7)13-9-4-5-10-14-15-11(18)17(10)16-9/h4-5,7-8,12H,2-3,6H2,1H3,(H,13,16)(H,15,18). The Morgan fingerprint density at radius 1 is 1.50 bits per heavy atom. The summed E-state index contributed by atoms with van der Waals surface area (Å²) in [6.45, 7) is 3.21. The molecule has 2 aromatic rings. The second-order valence-corrected chi connectivity index (χ2v) is 4.65. The molecule has 0 spiro atoms. The first-order valence-corrected chi connectivity index (χ1v) is 6.18. The van der Waals surface area contributed by atoms with Gasteiger partial charge < -0.3 is 10.6 Å². The second-order valence-electron chi connectivity index (χ2n) is 4.65. The van der Waals surface area contributed by atoms with E-state index in [1.165, 1.54) is 4.52 Å². The molecular formula is C11H16N6O. The highest BCUT2D eigenvalue weighted by atomic mass is 16.2. The smallest absolute Gasteiger partial charge is 0.364 e. The summed E-state index contributed by atoms with van der Waals surface area (Å²) in [5.41, 5.74) is 0.212. The molecule has 3 rings (SSSR count). The van der Waals surface area contributed by atoms with Gasteiger partial charge in [0.15, 0.2) is 5.65 Å². The van der Waals surface area contributed by atoms with Crippen molar-refractivity contribution in [1.29, 1.82) is 0 Å². The number of piperidine rings is 1. The van der Waals surface area contributed by atoms with Crippen molar-refractivity contribution in [3.63, 3.8) is 0 Å². The molecule has 1 saturated heterocycles. The lowest BCUT2D eigenvalue weighted by atomic mass is 10.00. The van der Waals surface area contributed by atoms with Crippen LogP contribution in [0.1, 0.15) is 19.8 Å². The number of aromatic amines is 1. The predicted molar refractivity (Wildman–Crippen MR) is 67.7 cm³/mol. The summed E-state index contributed by atoms with van der Waals surface area (Å²) in [5, 5.41) is 17.2. The molecule has 0 aliphatic carbocycles. The molecular weight excluding hydrogens is 232 g/mol. The van der Waals surface area contributed by atoms with Gasteiger partial charge in [0.2, 0.25) is 0 Å². The third-order valence-electron chi connectivity index (χ3n) is 3.37. The Hall–Kier alpha value is -1.89. The molecule has 1 aliphatic heterocycles. The molecule has 0 saturated carbocycles. The zero-order valence-electron chi connectivity index (χ0n) is 10.2. The number of fused-ring (bicyclic) bond motifs is 1. The van der Waals surface area contributed by atoms with E-state index < -0.39 is 0 Å². The minimum atomic E-state index is -0.316. The molecule has 2 aromatic heterocycles. The maximum atomic E-state index is 11.4. The molecule has 2 unspecified atom stereocenters. The number of H-pyrrole nitrogens is 1. The fourth-order valence-electron chi connectivity index (χ4n) is 2.31. The van der Waals surface area contributed by atoms with Gasteiger partial charge in [-0.3, -0.25) is 0 Å². The average molecular weight is 248 g/mol. The van der Waals surface area contributed by atoms with Crippen molar-refractivity contribution in [2.24, 2.45) is 0 Å². The van der Waals surface area contributed by atoms with Crippen molar-refractivity contribution in [2.45, 2.75) is 31.8 Å². The van der Waals surface area contributed by atoms with Crippen molar-refractivity contribution < 1.29 is 0 Å². The molecule has 0 radical (unpaired) electrons. The van der Waals surface area contributed by atoms with Gasteiger partial charge in [-0.25, -0.2) is 9.89 Å². The highest BCUT2D eigenvalue weighted by molar-refractivity contribution is 5.43. The van der Waals surface area contributed by atoms with Crippen LogP contribution in [0.3, 0.4) is 0 Å². The number of anilines is 1. The van der Waals surface area contributed by atoms with E-state index >= 15 is 0 Å². The molecule has 7 nitrogen and oxygen atoms in total. The Morgan fingerprint density at radius 3 is 3.22 bits per heavy atom. The molecule has 2 atom stereocenters. The minimum Gasteiger partial charge on any atom is -0.364 e. The van der Waals surface area contributed by atoms with Crippen LogP contribution in [0.25, 0.3) is 5.65 Å².